The highest BCUT2D eigenvalue weighted by Crippen LogP contribution is 2.14. The van der Waals surface area contributed by atoms with Crippen LogP contribution in [0.15, 0.2) is 18.7 Å². The lowest BCUT2D eigenvalue weighted by molar-refractivity contribution is -0.339. The summed E-state index contributed by atoms with van der Waals surface area (Å²) in [6.45, 7) is 1.43. The van der Waals surface area contributed by atoms with Crippen LogP contribution in [0.3, 0.4) is 0 Å². The zero-order chi connectivity index (χ0) is 14.7. The van der Waals surface area contributed by atoms with Crippen molar-refractivity contribution in [1.82, 2.24) is 5.16 Å². The summed E-state index contributed by atoms with van der Waals surface area (Å²) in [5, 5.41) is 21.8. The summed E-state index contributed by atoms with van der Waals surface area (Å²) in [6, 6.07) is 0. The summed E-state index contributed by atoms with van der Waals surface area (Å²) in [5.41, 5.74) is 0. The van der Waals surface area contributed by atoms with Crippen LogP contribution >= 0.6 is 0 Å². The maximum atomic E-state index is 9.14. The number of nitrogens with zero attached hydrogens (tertiary/aromatic N) is 1. The first-order chi connectivity index (χ1) is 9.58. The molecule has 118 valence electrons. The van der Waals surface area contributed by atoms with Crippen molar-refractivity contribution < 1.29 is 28.9 Å². The van der Waals surface area contributed by atoms with Crippen LogP contribution < -0.4 is 0 Å². The minimum Gasteiger partial charge on any atom is -0.366 e. The fraction of sp³-hybridized carbons (Fsp3) is 0.923. The average molecular weight is 291 g/mol. The van der Waals surface area contributed by atoms with E-state index in [0.29, 0.717) is 18.7 Å². The lowest BCUT2D eigenvalue weighted by Crippen LogP contribution is -2.22. The molecule has 0 aliphatic carbocycles. The SMILES string of the molecule is CC(O)(O)CCCCCCCCCCc1noooo1. The predicted molar refractivity (Wildman–Crippen MR) is 69.0 cm³/mol. The Morgan fingerprint density at radius 3 is 2.05 bits per heavy atom. The van der Waals surface area contributed by atoms with Gasteiger partial charge >= 0.3 is 0 Å². The minimum atomic E-state index is -1.51. The normalized spacial score (nSPS) is 11.8. The van der Waals surface area contributed by atoms with E-state index in [1.165, 1.54) is 26.2 Å². The van der Waals surface area contributed by atoms with Gasteiger partial charge in [0.25, 0.3) is 5.89 Å². The van der Waals surface area contributed by atoms with Gasteiger partial charge in [-0.25, -0.2) is 4.58 Å². The molecule has 0 atom stereocenters. The topological polar surface area (TPSA) is 106 Å². The molecule has 0 amide bonds. The van der Waals surface area contributed by atoms with Crippen LogP contribution in [0.2, 0.25) is 0 Å². The summed E-state index contributed by atoms with van der Waals surface area (Å²) in [6.07, 6.45) is 9.81. The second-order valence-electron chi connectivity index (χ2n) is 5.32. The molecule has 1 rings (SSSR count). The van der Waals surface area contributed by atoms with Crippen LogP contribution in [0, 0.1) is 0 Å². The van der Waals surface area contributed by atoms with Crippen LogP contribution in [0.1, 0.15) is 70.6 Å². The third kappa shape index (κ3) is 9.69. The molecule has 0 saturated heterocycles. The van der Waals surface area contributed by atoms with E-state index in [9.17, 15) is 0 Å². The van der Waals surface area contributed by atoms with E-state index in [1.54, 1.807) is 0 Å². The van der Waals surface area contributed by atoms with E-state index in [2.05, 4.69) is 23.9 Å². The van der Waals surface area contributed by atoms with Gasteiger partial charge in [-0.15, -0.1) is 4.68 Å². The molecule has 0 fully saturated rings. The molecule has 1 aromatic heterocycles. The number of aryl methyl sites for hydroxylation is 1. The summed E-state index contributed by atoms with van der Waals surface area (Å²) in [5.74, 6) is -1.12. The van der Waals surface area contributed by atoms with Crippen molar-refractivity contribution in [3.8, 4) is 0 Å². The molecule has 0 radical (unpaired) electrons. The van der Waals surface area contributed by atoms with Gasteiger partial charge in [0.15, 0.2) is 5.79 Å². The third-order valence-corrected chi connectivity index (χ3v) is 3.12. The van der Waals surface area contributed by atoms with Crippen LogP contribution in [-0.4, -0.2) is 21.2 Å². The lowest BCUT2D eigenvalue weighted by atomic mass is 10.0. The van der Waals surface area contributed by atoms with Gasteiger partial charge in [-0.2, -0.15) is 0 Å². The van der Waals surface area contributed by atoms with Gasteiger partial charge in [-0.3, -0.25) is 0 Å². The monoisotopic (exact) mass is 291 g/mol. The van der Waals surface area contributed by atoms with Crippen LogP contribution in [0.5, 0.6) is 0 Å². The van der Waals surface area contributed by atoms with E-state index in [1.807, 2.05) is 0 Å². The van der Waals surface area contributed by atoms with Gasteiger partial charge < -0.3 is 10.2 Å². The van der Waals surface area contributed by atoms with Gasteiger partial charge in [0.1, 0.15) is 0 Å². The molecule has 0 spiro atoms. The largest absolute Gasteiger partial charge is 0.366 e. The maximum absolute atomic E-state index is 9.14. The Bertz CT molecular complexity index is 340. The zero-order valence-electron chi connectivity index (χ0n) is 12.0. The van der Waals surface area contributed by atoms with Crippen LogP contribution in [0.4, 0.5) is 0 Å². The predicted octanol–water partition coefficient (Wildman–Crippen LogP) is 3.33. The number of aromatic nitrogens is 1. The van der Waals surface area contributed by atoms with Gasteiger partial charge in [0.05, 0.1) is 0 Å². The molecule has 0 bridgehead atoms. The molecule has 7 heteroatoms. The Morgan fingerprint density at radius 2 is 1.50 bits per heavy atom. The standard InChI is InChI=1S/C13H25NO6/c1-13(15,16)11-9-7-5-3-2-4-6-8-10-12-14-18-20-19-17-12/h15-16H,2-11H2,1H3. The maximum Gasteiger partial charge on any atom is 0.290 e. The van der Waals surface area contributed by atoms with E-state index >= 15 is 0 Å². The molecule has 2 N–H and O–H groups in total. The van der Waals surface area contributed by atoms with Crippen molar-refractivity contribution in [3.63, 3.8) is 0 Å². The smallest absolute Gasteiger partial charge is 0.290 e. The molecule has 1 heterocycles. The highest BCUT2D eigenvalue weighted by molar-refractivity contribution is 4.67. The first-order valence-corrected chi connectivity index (χ1v) is 7.26. The average Bonchev–Trinajstić information content (AvgIpc) is 2.41. The molecule has 0 aliphatic heterocycles. The second kappa shape index (κ2) is 9.66. The highest BCUT2D eigenvalue weighted by Gasteiger charge is 2.13. The van der Waals surface area contributed by atoms with E-state index in [4.69, 9.17) is 10.2 Å². The Labute approximate surface area is 118 Å². The third-order valence-electron chi connectivity index (χ3n) is 3.12. The number of unbranched alkanes of at least 4 members (excludes halogenated alkanes) is 7. The summed E-state index contributed by atoms with van der Waals surface area (Å²) >= 11 is 0. The van der Waals surface area contributed by atoms with Crippen molar-refractivity contribution in [1.29, 1.82) is 0 Å². The Hall–Kier alpha value is -1.21. The quantitative estimate of drug-likeness (QED) is 0.366. The van der Waals surface area contributed by atoms with Gasteiger partial charge in [0.2, 0.25) is 0 Å². The molecule has 0 aromatic carbocycles. The Balaban J connectivity index is 1.83. The van der Waals surface area contributed by atoms with Gasteiger partial charge in [0, 0.05) is 18.0 Å². The van der Waals surface area contributed by atoms with Crippen LogP contribution in [0.25, 0.3) is 0 Å². The lowest BCUT2D eigenvalue weighted by Gasteiger charge is -2.14. The number of hydrogen-bond donors (Lipinski definition) is 2. The first-order valence-electron chi connectivity index (χ1n) is 7.26. The van der Waals surface area contributed by atoms with Crippen molar-refractivity contribution in [2.24, 2.45) is 0 Å². The first kappa shape index (κ1) is 16.8. The summed E-state index contributed by atoms with van der Waals surface area (Å²) in [7, 11) is 0. The number of rotatable bonds is 11. The van der Waals surface area contributed by atoms with Crippen molar-refractivity contribution in [3.05, 3.63) is 5.89 Å². The Morgan fingerprint density at radius 1 is 0.900 bits per heavy atom. The second-order valence-corrected chi connectivity index (χ2v) is 5.32. The van der Waals surface area contributed by atoms with Crippen molar-refractivity contribution in [2.75, 3.05) is 0 Å². The molecular formula is C13H25NO6. The van der Waals surface area contributed by atoms with Crippen molar-refractivity contribution in [2.45, 2.75) is 76.9 Å². The highest BCUT2D eigenvalue weighted by atomic mass is 17.4. The molecule has 0 saturated carbocycles. The van der Waals surface area contributed by atoms with E-state index in [-0.39, 0.29) is 0 Å². The zero-order valence-corrected chi connectivity index (χ0v) is 12.0. The summed E-state index contributed by atoms with van der Waals surface area (Å²) < 4.78 is 17.0. The molecule has 1 aromatic rings. The van der Waals surface area contributed by atoms with E-state index < -0.39 is 5.79 Å². The number of aliphatic hydroxyl groups is 2. The summed E-state index contributed by atoms with van der Waals surface area (Å²) in [4.78, 5) is 0. The van der Waals surface area contributed by atoms with Gasteiger partial charge in [-0.1, -0.05) is 38.5 Å². The molecule has 7 nitrogen and oxygen atoms in total. The van der Waals surface area contributed by atoms with Crippen LogP contribution in [-0.2, 0) is 6.42 Å². The molecule has 0 aliphatic rings. The van der Waals surface area contributed by atoms with Crippen molar-refractivity contribution >= 4 is 0 Å². The number of hydrogen-bond acceptors (Lipinski definition) is 7. The molecular weight excluding hydrogens is 266 g/mol. The van der Waals surface area contributed by atoms with Gasteiger partial charge in [-0.05, 0) is 29.2 Å². The Kier molecular flexibility index (Phi) is 8.13. The minimum absolute atomic E-state index is 0.396. The van der Waals surface area contributed by atoms with E-state index in [0.717, 1.165) is 32.1 Å². The molecule has 20 heavy (non-hydrogen) atoms. The molecule has 0 unspecified atom stereocenters. The fourth-order valence-corrected chi connectivity index (χ4v) is 2.02. The fourth-order valence-electron chi connectivity index (χ4n) is 2.02.